The van der Waals surface area contributed by atoms with Crippen molar-refractivity contribution in [2.45, 2.75) is 44.4 Å². The summed E-state index contributed by atoms with van der Waals surface area (Å²) in [4.78, 5) is 8.27. The first-order valence-corrected chi connectivity index (χ1v) is 7.89. The molecule has 0 aliphatic carbocycles. The Morgan fingerprint density at radius 3 is 2.92 bits per heavy atom. The molecule has 2 aliphatic rings. The van der Waals surface area contributed by atoms with Crippen LogP contribution in [0.5, 0.6) is 0 Å². The summed E-state index contributed by atoms with van der Waals surface area (Å²) >= 11 is 0. The summed E-state index contributed by atoms with van der Waals surface area (Å²) in [6.45, 7) is 3.85. The predicted octanol–water partition coefficient (Wildman–Crippen LogP) is 0.397. The largest absolute Gasteiger partial charge is 0.394 e. The van der Waals surface area contributed by atoms with Crippen molar-refractivity contribution in [3.63, 3.8) is 0 Å². The minimum absolute atomic E-state index is 0.181. The average molecular weight is 336 g/mol. The molecule has 4 heterocycles. The smallest absolute Gasteiger partial charge is 0.280 e. The van der Waals surface area contributed by atoms with Crippen molar-refractivity contribution in [1.29, 1.82) is 0 Å². The molecule has 0 bridgehead atoms. The Kier molecular flexibility index (Phi) is 3.70. The van der Waals surface area contributed by atoms with E-state index in [1.807, 2.05) is 23.8 Å². The first kappa shape index (κ1) is 15.7. The van der Waals surface area contributed by atoms with Gasteiger partial charge < -0.3 is 34.4 Å². The number of aliphatic hydroxyl groups is 1. The Balaban J connectivity index is 1.71. The van der Waals surface area contributed by atoms with Gasteiger partial charge in [-0.15, -0.1) is 0 Å². The summed E-state index contributed by atoms with van der Waals surface area (Å²) in [6, 6.07) is 1.83. The summed E-state index contributed by atoms with van der Waals surface area (Å²) in [6.07, 6.45) is 1.32. The summed E-state index contributed by atoms with van der Waals surface area (Å²) in [7, 11) is 0. The molecule has 2 fully saturated rings. The van der Waals surface area contributed by atoms with Gasteiger partial charge in [-0.3, -0.25) is 0 Å². The van der Waals surface area contributed by atoms with E-state index in [2.05, 4.69) is 9.97 Å². The number of nitrogens with zero attached hydrogens (tertiary/aromatic N) is 3. The zero-order chi connectivity index (χ0) is 16.9. The van der Waals surface area contributed by atoms with Crippen molar-refractivity contribution >= 4 is 16.9 Å². The fourth-order valence-electron chi connectivity index (χ4n) is 3.40. The summed E-state index contributed by atoms with van der Waals surface area (Å²) in [5.41, 5.74) is 6.53. The van der Waals surface area contributed by atoms with Crippen molar-refractivity contribution in [1.82, 2.24) is 14.5 Å². The third-order valence-electron chi connectivity index (χ3n) is 4.39. The van der Waals surface area contributed by atoms with Crippen LogP contribution in [0.15, 0.2) is 18.6 Å². The van der Waals surface area contributed by atoms with Crippen LogP contribution in [0.25, 0.3) is 11.0 Å². The van der Waals surface area contributed by atoms with Gasteiger partial charge in [0.25, 0.3) is 5.97 Å². The third-order valence-corrected chi connectivity index (χ3v) is 4.39. The maximum absolute atomic E-state index is 9.63. The van der Waals surface area contributed by atoms with Gasteiger partial charge in [0.15, 0.2) is 6.23 Å². The minimum Gasteiger partial charge on any atom is -0.394 e. The zero-order valence-corrected chi connectivity index (χ0v) is 13.5. The van der Waals surface area contributed by atoms with E-state index < -0.39 is 30.5 Å². The second-order valence-corrected chi connectivity index (χ2v) is 5.93. The highest BCUT2D eigenvalue weighted by Gasteiger charge is 2.58. The number of ether oxygens (including phenoxy) is 4. The summed E-state index contributed by atoms with van der Waals surface area (Å²) < 4.78 is 25.2. The first-order chi connectivity index (χ1) is 11.6. The highest BCUT2D eigenvalue weighted by molar-refractivity contribution is 5.86. The van der Waals surface area contributed by atoms with Crippen LogP contribution in [0.3, 0.4) is 0 Å². The van der Waals surface area contributed by atoms with Crippen molar-refractivity contribution in [2.75, 3.05) is 18.9 Å². The summed E-state index contributed by atoms with van der Waals surface area (Å²) in [5, 5.41) is 10.4. The quantitative estimate of drug-likeness (QED) is 0.824. The molecule has 5 atom stereocenters. The number of hydrogen-bond acceptors (Lipinski definition) is 8. The number of aromatic nitrogens is 3. The predicted molar refractivity (Wildman–Crippen MR) is 82.7 cm³/mol. The molecule has 2 aromatic rings. The second-order valence-electron chi connectivity index (χ2n) is 5.93. The van der Waals surface area contributed by atoms with Crippen LogP contribution in [0.4, 0.5) is 5.82 Å². The maximum Gasteiger partial charge on any atom is 0.280 e. The van der Waals surface area contributed by atoms with E-state index in [9.17, 15) is 5.11 Å². The lowest BCUT2D eigenvalue weighted by atomic mass is 10.1. The van der Waals surface area contributed by atoms with E-state index >= 15 is 0 Å². The molecule has 4 rings (SSSR count). The van der Waals surface area contributed by atoms with Gasteiger partial charge in [-0.1, -0.05) is 0 Å². The van der Waals surface area contributed by atoms with Crippen molar-refractivity contribution < 1.29 is 24.1 Å². The molecular formula is C15H20N4O5. The van der Waals surface area contributed by atoms with Crippen LogP contribution >= 0.6 is 0 Å². The van der Waals surface area contributed by atoms with Crippen LogP contribution in [-0.4, -0.2) is 57.1 Å². The maximum atomic E-state index is 9.63. The monoisotopic (exact) mass is 336 g/mol. The lowest BCUT2D eigenvalue weighted by Gasteiger charge is -2.27. The highest BCUT2D eigenvalue weighted by atomic mass is 16.9. The van der Waals surface area contributed by atoms with Crippen molar-refractivity contribution in [3.05, 3.63) is 18.6 Å². The lowest BCUT2D eigenvalue weighted by Crippen LogP contribution is -2.35. The van der Waals surface area contributed by atoms with Gasteiger partial charge in [-0.25, -0.2) is 9.97 Å². The molecule has 2 aromatic heterocycles. The Morgan fingerprint density at radius 1 is 1.38 bits per heavy atom. The van der Waals surface area contributed by atoms with Crippen molar-refractivity contribution in [3.8, 4) is 0 Å². The molecule has 0 saturated carbocycles. The van der Waals surface area contributed by atoms with E-state index in [0.717, 1.165) is 5.39 Å². The SMILES string of the molecule is CCO[C@@]1(C)O[C@@H]2[C@H](O1)[C@H](CO)O[C@@H]2n1ccc2c(N)ncnc21. The van der Waals surface area contributed by atoms with Crippen LogP contribution in [0.1, 0.15) is 20.1 Å². The molecule has 3 N–H and O–H groups in total. The number of fused-ring (bicyclic) bond motifs is 2. The van der Waals surface area contributed by atoms with Crippen LogP contribution in [-0.2, 0) is 18.9 Å². The number of nitrogen functional groups attached to an aromatic ring is 1. The Morgan fingerprint density at radius 2 is 2.17 bits per heavy atom. The average Bonchev–Trinajstić information content (AvgIpc) is 3.19. The van der Waals surface area contributed by atoms with E-state index in [1.165, 1.54) is 6.33 Å². The van der Waals surface area contributed by atoms with Gasteiger partial charge in [0.05, 0.1) is 12.0 Å². The van der Waals surface area contributed by atoms with Crippen LogP contribution in [0, 0.1) is 0 Å². The molecule has 0 amide bonds. The number of anilines is 1. The van der Waals surface area contributed by atoms with Gasteiger partial charge in [-0.05, 0) is 13.0 Å². The Bertz CT molecular complexity index is 753. The lowest BCUT2D eigenvalue weighted by molar-refractivity contribution is -0.344. The van der Waals surface area contributed by atoms with Crippen molar-refractivity contribution in [2.24, 2.45) is 0 Å². The molecule has 2 saturated heterocycles. The molecule has 0 unspecified atom stereocenters. The molecule has 9 nitrogen and oxygen atoms in total. The van der Waals surface area contributed by atoms with E-state index in [0.29, 0.717) is 18.1 Å². The number of hydrogen-bond donors (Lipinski definition) is 2. The molecular weight excluding hydrogens is 316 g/mol. The molecule has 0 spiro atoms. The molecule has 9 heteroatoms. The number of rotatable bonds is 4. The standard InChI is InChI=1S/C15H20N4O5/c1-3-21-15(2)23-10-9(6-20)22-14(11(10)24-15)19-5-4-8-12(16)17-7-18-13(8)19/h4-5,7,9-11,14,20H,3,6H2,1-2H3,(H2,16,17,18)/t9-,10+,11+,14-,15+/m0/s1. The molecule has 24 heavy (non-hydrogen) atoms. The molecule has 2 aliphatic heterocycles. The summed E-state index contributed by atoms with van der Waals surface area (Å²) in [5.74, 6) is -0.758. The van der Waals surface area contributed by atoms with E-state index in [-0.39, 0.29) is 6.61 Å². The van der Waals surface area contributed by atoms with Gasteiger partial charge in [0.1, 0.15) is 36.1 Å². The number of nitrogens with two attached hydrogens (primary N) is 1. The second kappa shape index (κ2) is 5.64. The first-order valence-electron chi connectivity index (χ1n) is 7.89. The highest BCUT2D eigenvalue weighted by Crippen LogP contribution is 2.44. The fourth-order valence-corrected chi connectivity index (χ4v) is 3.40. The molecule has 0 aromatic carbocycles. The van der Waals surface area contributed by atoms with E-state index in [4.69, 9.17) is 24.7 Å². The topological polar surface area (TPSA) is 114 Å². The van der Waals surface area contributed by atoms with Gasteiger partial charge >= 0.3 is 0 Å². The van der Waals surface area contributed by atoms with Gasteiger partial charge in [0, 0.05) is 19.7 Å². The van der Waals surface area contributed by atoms with Gasteiger partial charge in [-0.2, -0.15) is 0 Å². The Hall–Kier alpha value is -1.78. The number of aliphatic hydroxyl groups excluding tert-OH is 1. The molecule has 0 radical (unpaired) electrons. The van der Waals surface area contributed by atoms with Gasteiger partial charge in [0.2, 0.25) is 0 Å². The minimum atomic E-state index is -1.16. The van der Waals surface area contributed by atoms with E-state index in [1.54, 1.807) is 6.92 Å². The van der Waals surface area contributed by atoms with Crippen LogP contribution in [0.2, 0.25) is 0 Å². The molecule has 130 valence electrons. The zero-order valence-electron chi connectivity index (χ0n) is 13.5. The third kappa shape index (κ3) is 2.28. The van der Waals surface area contributed by atoms with Crippen LogP contribution < -0.4 is 5.73 Å². The Labute approximate surface area is 138 Å². The fraction of sp³-hybridized carbons (Fsp3) is 0.600. The normalized spacial score (nSPS) is 35.6.